The van der Waals surface area contributed by atoms with E-state index in [1.807, 2.05) is 44.7 Å². The van der Waals surface area contributed by atoms with Crippen molar-refractivity contribution in [3.05, 3.63) is 63.1 Å². The van der Waals surface area contributed by atoms with Gasteiger partial charge in [-0.05, 0) is 74.8 Å². The van der Waals surface area contributed by atoms with Gasteiger partial charge in [0.1, 0.15) is 6.04 Å². The van der Waals surface area contributed by atoms with Crippen LogP contribution in [0.3, 0.4) is 0 Å². The summed E-state index contributed by atoms with van der Waals surface area (Å²) in [5.41, 5.74) is 7.54. The van der Waals surface area contributed by atoms with E-state index in [0.717, 1.165) is 12.1 Å². The average Bonchev–Trinajstić information content (AvgIpc) is 2.99. The maximum Gasteiger partial charge on any atom is 0.416 e. The van der Waals surface area contributed by atoms with Crippen molar-refractivity contribution in [1.82, 2.24) is 19.6 Å². The lowest BCUT2D eigenvalue weighted by atomic mass is 9.94. The van der Waals surface area contributed by atoms with E-state index < -0.39 is 23.8 Å². The molecule has 0 spiro atoms. The Morgan fingerprint density at radius 2 is 1.65 bits per heavy atom. The van der Waals surface area contributed by atoms with E-state index in [9.17, 15) is 22.8 Å². The van der Waals surface area contributed by atoms with Crippen LogP contribution in [-0.4, -0.2) is 104 Å². The second kappa shape index (κ2) is 15.1. The van der Waals surface area contributed by atoms with Crippen molar-refractivity contribution in [1.29, 1.82) is 0 Å². The Morgan fingerprint density at radius 1 is 0.978 bits per heavy atom. The van der Waals surface area contributed by atoms with Crippen LogP contribution in [0, 0.1) is 5.92 Å². The fraction of sp³-hybridized carbons (Fsp3) is 0.576. The van der Waals surface area contributed by atoms with E-state index in [0.29, 0.717) is 72.5 Å². The molecule has 3 unspecified atom stereocenters. The summed E-state index contributed by atoms with van der Waals surface area (Å²) in [6.07, 6.45) is -3.65. The van der Waals surface area contributed by atoms with Crippen LogP contribution in [-0.2, 0) is 22.2 Å². The maximum absolute atomic E-state index is 14.2. The molecule has 0 radical (unpaired) electrons. The van der Waals surface area contributed by atoms with Gasteiger partial charge in [-0.25, -0.2) is 0 Å². The predicted molar refractivity (Wildman–Crippen MR) is 177 cm³/mol. The molecule has 0 bridgehead atoms. The molecule has 0 saturated carbocycles. The molecule has 0 aliphatic carbocycles. The van der Waals surface area contributed by atoms with E-state index in [2.05, 4.69) is 4.90 Å². The monoisotopic (exact) mass is 684 g/mol. The Labute approximate surface area is 280 Å². The Morgan fingerprint density at radius 3 is 2.22 bits per heavy atom. The molecule has 13 heteroatoms. The smallest absolute Gasteiger partial charge is 0.368 e. The third-order valence-corrected chi connectivity index (χ3v) is 9.65. The second-order valence-corrected chi connectivity index (χ2v) is 13.8. The average molecular weight is 686 g/mol. The van der Waals surface area contributed by atoms with Gasteiger partial charge < -0.3 is 20.4 Å². The van der Waals surface area contributed by atoms with Gasteiger partial charge in [-0.3, -0.25) is 19.4 Å². The number of carbonyl (C=O) groups is 2. The summed E-state index contributed by atoms with van der Waals surface area (Å²) in [4.78, 5) is 37.3. The zero-order valence-corrected chi connectivity index (χ0v) is 28.7. The quantitative estimate of drug-likeness (QED) is 0.363. The van der Waals surface area contributed by atoms with Gasteiger partial charge in [0.15, 0.2) is 0 Å². The van der Waals surface area contributed by atoms with E-state index in [1.165, 1.54) is 6.07 Å². The number of amides is 2. The summed E-state index contributed by atoms with van der Waals surface area (Å²) < 4.78 is 40.8. The molecule has 8 nitrogen and oxygen atoms in total. The number of piperazine rings is 2. The van der Waals surface area contributed by atoms with Gasteiger partial charge >= 0.3 is 6.18 Å². The number of anilines is 1. The Kier molecular flexibility index (Phi) is 11.9. The fourth-order valence-corrected chi connectivity index (χ4v) is 6.72. The van der Waals surface area contributed by atoms with Crippen LogP contribution in [0.2, 0.25) is 10.0 Å². The second-order valence-electron chi connectivity index (χ2n) is 12.9. The zero-order valence-electron chi connectivity index (χ0n) is 27.2. The van der Waals surface area contributed by atoms with Gasteiger partial charge in [0, 0.05) is 67.5 Å². The minimum atomic E-state index is -4.48. The molecule has 3 atom stereocenters. The minimum absolute atomic E-state index is 0.0581. The van der Waals surface area contributed by atoms with E-state index in [1.54, 1.807) is 28.0 Å². The first-order chi connectivity index (χ1) is 21.6. The number of hydrogen-bond donors (Lipinski definition) is 1. The topological polar surface area (TPSA) is 76.4 Å². The number of halogens is 5. The molecule has 2 saturated heterocycles. The van der Waals surface area contributed by atoms with Crippen LogP contribution in [0.4, 0.5) is 18.9 Å². The normalized spacial score (nSPS) is 18.8. The number of alkyl halides is 3. The van der Waals surface area contributed by atoms with Crippen molar-refractivity contribution in [2.75, 3.05) is 64.8 Å². The van der Waals surface area contributed by atoms with Gasteiger partial charge in [-0.1, -0.05) is 43.1 Å². The van der Waals surface area contributed by atoms with Crippen molar-refractivity contribution in [3.63, 3.8) is 0 Å². The summed E-state index contributed by atoms with van der Waals surface area (Å²) >= 11 is 12.7. The van der Waals surface area contributed by atoms with Gasteiger partial charge in [0.2, 0.25) is 11.8 Å². The van der Waals surface area contributed by atoms with E-state index in [-0.39, 0.29) is 36.9 Å². The summed E-state index contributed by atoms with van der Waals surface area (Å²) in [6, 6.07) is 7.54. The molecule has 4 rings (SSSR count). The minimum Gasteiger partial charge on any atom is -0.368 e. The molecule has 254 valence electrons. The summed E-state index contributed by atoms with van der Waals surface area (Å²) in [7, 11) is 3.92. The largest absolute Gasteiger partial charge is 0.416 e. The van der Waals surface area contributed by atoms with Crippen LogP contribution >= 0.6 is 23.2 Å². The molecule has 2 aromatic rings. The molecular weight excluding hydrogens is 640 g/mol. The van der Waals surface area contributed by atoms with Crippen LogP contribution in [0.1, 0.15) is 49.9 Å². The van der Waals surface area contributed by atoms with Crippen LogP contribution in [0.25, 0.3) is 0 Å². The molecule has 46 heavy (non-hydrogen) atoms. The highest BCUT2D eigenvalue weighted by molar-refractivity contribution is 6.35. The van der Waals surface area contributed by atoms with Crippen molar-refractivity contribution >= 4 is 40.7 Å². The molecular formula is C33H45Cl2F3N6O2. The molecule has 2 N–H and O–H groups in total. The van der Waals surface area contributed by atoms with Gasteiger partial charge in [-0.15, -0.1) is 0 Å². The van der Waals surface area contributed by atoms with Crippen LogP contribution in [0.5, 0.6) is 0 Å². The number of rotatable bonds is 10. The number of nitrogens with zero attached hydrogens (tertiary/aromatic N) is 5. The number of carbonyl (C=O) groups excluding carboxylic acids is 2. The molecule has 2 aliphatic heterocycles. The number of nitrogens with two attached hydrogens (primary N) is 1. The Hall–Kier alpha value is -2.57. The SMILES string of the molecule is CC(C)CC(N)c1cc(C(F)(F)F)ccc1N1CCN(C(=O)C(Cc2ccc(Cl)cc2Cl)N2CCN(C(C)N(C)C)CC2=O)CC1. The van der Waals surface area contributed by atoms with Crippen LogP contribution in [0.15, 0.2) is 36.4 Å². The predicted octanol–water partition coefficient (Wildman–Crippen LogP) is 5.37. The molecule has 2 aromatic carbocycles. The third kappa shape index (κ3) is 8.66. The van der Waals surface area contributed by atoms with Crippen molar-refractivity contribution in [2.24, 2.45) is 11.7 Å². The Bertz CT molecular complexity index is 1380. The third-order valence-electron chi connectivity index (χ3n) is 9.06. The van der Waals surface area contributed by atoms with E-state index in [4.69, 9.17) is 28.9 Å². The molecule has 2 amide bonds. The highest BCUT2D eigenvalue weighted by Gasteiger charge is 2.39. The first kappa shape index (κ1) is 36.3. The lowest BCUT2D eigenvalue weighted by Gasteiger charge is -2.44. The molecule has 2 heterocycles. The summed E-state index contributed by atoms with van der Waals surface area (Å²) in [5, 5.41) is 0.904. The fourth-order valence-electron chi connectivity index (χ4n) is 6.24. The highest BCUT2D eigenvalue weighted by Crippen LogP contribution is 2.37. The van der Waals surface area contributed by atoms with E-state index >= 15 is 0 Å². The van der Waals surface area contributed by atoms with Crippen molar-refractivity contribution in [2.45, 2.75) is 58.0 Å². The summed E-state index contributed by atoms with van der Waals surface area (Å²) in [5.74, 6) is -0.110. The maximum atomic E-state index is 14.2. The number of hydrogen-bond acceptors (Lipinski definition) is 6. The lowest BCUT2D eigenvalue weighted by Crippen LogP contribution is -2.62. The molecule has 2 fully saturated rings. The first-order valence-electron chi connectivity index (χ1n) is 15.7. The number of benzene rings is 2. The zero-order chi connectivity index (χ0) is 33.9. The van der Waals surface area contributed by atoms with Gasteiger partial charge in [0.25, 0.3) is 0 Å². The van der Waals surface area contributed by atoms with Crippen molar-refractivity contribution in [3.8, 4) is 0 Å². The first-order valence-corrected chi connectivity index (χ1v) is 16.5. The summed E-state index contributed by atoms with van der Waals surface area (Å²) in [6.45, 7) is 8.71. The molecule has 2 aliphatic rings. The van der Waals surface area contributed by atoms with Crippen LogP contribution < -0.4 is 10.6 Å². The standard InChI is InChI=1S/C33H45Cl2F3N6O2/c1-21(2)16-28(39)26-18-24(33(36,37)38)7-9-29(26)41-10-12-42(13-11-41)32(46)30(17-23-6-8-25(34)19-27(23)35)44-15-14-43(20-31(44)45)22(3)40(4)5/h6-9,18-19,21-22,28,30H,10-17,20,39H2,1-5H3. The van der Waals surface area contributed by atoms with Gasteiger partial charge in [-0.2, -0.15) is 13.2 Å². The van der Waals surface area contributed by atoms with Crippen molar-refractivity contribution < 1.29 is 22.8 Å². The Balaban J connectivity index is 1.55. The highest BCUT2D eigenvalue weighted by atomic mass is 35.5. The van der Waals surface area contributed by atoms with Gasteiger partial charge in [0.05, 0.1) is 18.3 Å². The molecule has 0 aromatic heterocycles. The lowest BCUT2D eigenvalue weighted by molar-refractivity contribution is -0.151.